The van der Waals surface area contributed by atoms with Gasteiger partial charge >= 0.3 is 0 Å². The van der Waals surface area contributed by atoms with E-state index in [0.717, 1.165) is 18.5 Å². The number of hydrogen-bond acceptors (Lipinski definition) is 2. The second-order valence-corrected chi connectivity index (χ2v) is 4.72. The van der Waals surface area contributed by atoms with Gasteiger partial charge in [-0.2, -0.15) is 0 Å². The Morgan fingerprint density at radius 1 is 1.40 bits per heavy atom. The second kappa shape index (κ2) is 5.83. The predicted molar refractivity (Wildman–Crippen MR) is 60.5 cm³/mol. The summed E-state index contributed by atoms with van der Waals surface area (Å²) in [6.45, 7) is 6.50. The summed E-state index contributed by atoms with van der Waals surface area (Å²) in [6, 6.07) is 0. The molecule has 1 aromatic heterocycles. The van der Waals surface area contributed by atoms with Crippen molar-refractivity contribution in [3.8, 4) is 0 Å². The lowest BCUT2D eigenvalue weighted by atomic mass is 9.90. The number of halogens is 1. The summed E-state index contributed by atoms with van der Waals surface area (Å²) in [5, 5.41) is 7.82. The number of hydrogen-bond donors (Lipinski definition) is 0. The van der Waals surface area contributed by atoms with Crippen molar-refractivity contribution in [2.24, 2.45) is 5.41 Å². The summed E-state index contributed by atoms with van der Waals surface area (Å²) < 4.78 is 13.5. The first-order valence-corrected chi connectivity index (χ1v) is 4.96. The number of rotatable bonds is 4. The zero-order valence-corrected chi connectivity index (χ0v) is 9.13. The molecule has 3 nitrogen and oxygen atoms in total. The zero-order valence-electron chi connectivity index (χ0n) is 9.13. The summed E-state index contributed by atoms with van der Waals surface area (Å²) in [6.07, 6.45) is 3.81. The van der Waals surface area contributed by atoms with E-state index in [1.54, 1.807) is 4.68 Å². The van der Waals surface area contributed by atoms with E-state index in [1.807, 2.05) is 6.20 Å². The lowest BCUT2D eigenvalue weighted by Gasteiger charge is -2.16. The number of aromatic nitrogens is 3. The molecule has 0 saturated carbocycles. The van der Waals surface area contributed by atoms with Gasteiger partial charge in [0.1, 0.15) is 6.67 Å². The maximum Gasteiger partial charge on any atom is 0.109 e. The average molecular weight is 214 g/mol. The molecule has 0 amide bonds. The number of aryl methyl sites for hydroxylation is 2. The van der Waals surface area contributed by atoms with Crippen LogP contribution in [0.15, 0.2) is 6.20 Å². The van der Waals surface area contributed by atoms with E-state index < -0.39 is 0 Å². The van der Waals surface area contributed by atoms with Crippen molar-refractivity contribution in [2.45, 2.75) is 47.6 Å². The van der Waals surface area contributed by atoms with Crippen LogP contribution in [0.25, 0.3) is 0 Å². The quantitative estimate of drug-likeness (QED) is 0.771. The molecular weight excluding hydrogens is 192 g/mol. The second-order valence-electron chi connectivity index (χ2n) is 4.72. The average Bonchev–Trinajstić information content (AvgIpc) is 2.49. The van der Waals surface area contributed by atoms with Crippen LogP contribution < -0.4 is 0 Å². The fourth-order valence-electron chi connectivity index (χ4n) is 1.15. The van der Waals surface area contributed by atoms with Crippen LogP contribution in [0.4, 0.5) is 4.39 Å². The lowest BCUT2D eigenvalue weighted by Crippen LogP contribution is -2.06. The standard InChI is InChI=1S/C10H18FN3.CH4/c1-10(2,3)5-4-9-8-14(7-6-11)13-12-9;/h8H,4-7H2,1-3H3;1H4/i11-1;. The molecule has 0 fully saturated rings. The molecule has 0 atom stereocenters. The van der Waals surface area contributed by atoms with Crippen LogP contribution in [0.1, 0.15) is 40.3 Å². The van der Waals surface area contributed by atoms with Crippen LogP contribution >= 0.6 is 0 Å². The fraction of sp³-hybridized carbons (Fsp3) is 0.818. The third kappa shape index (κ3) is 5.50. The Hall–Kier alpha value is -0.930. The zero-order chi connectivity index (χ0) is 10.6. The summed E-state index contributed by atoms with van der Waals surface area (Å²) in [4.78, 5) is 0. The molecule has 1 aromatic rings. The molecule has 0 unspecified atom stereocenters. The Labute approximate surface area is 91.7 Å². The van der Waals surface area contributed by atoms with Crippen LogP contribution in [0.5, 0.6) is 0 Å². The fourth-order valence-corrected chi connectivity index (χ4v) is 1.15. The van der Waals surface area contributed by atoms with Gasteiger partial charge in [-0.3, -0.25) is 0 Å². The molecule has 1 rings (SSSR count). The van der Waals surface area contributed by atoms with E-state index in [4.69, 9.17) is 0 Å². The molecule has 4 heteroatoms. The van der Waals surface area contributed by atoms with Crippen molar-refractivity contribution in [2.75, 3.05) is 6.67 Å². The van der Waals surface area contributed by atoms with E-state index >= 15 is 0 Å². The van der Waals surface area contributed by atoms with Gasteiger partial charge in [-0.15, -0.1) is 5.10 Å². The van der Waals surface area contributed by atoms with Crippen molar-refractivity contribution in [1.29, 1.82) is 0 Å². The summed E-state index contributed by atoms with van der Waals surface area (Å²) in [5.41, 5.74) is 1.26. The molecule has 0 spiro atoms. The molecule has 0 N–H and O–H groups in total. The lowest BCUT2D eigenvalue weighted by molar-refractivity contribution is 0.376. The Balaban J connectivity index is 0.00000196. The van der Waals surface area contributed by atoms with Crippen LogP contribution in [-0.4, -0.2) is 21.7 Å². The van der Waals surface area contributed by atoms with Gasteiger partial charge in [0.2, 0.25) is 0 Å². The van der Waals surface area contributed by atoms with Gasteiger partial charge in [-0.1, -0.05) is 33.4 Å². The molecule has 15 heavy (non-hydrogen) atoms. The van der Waals surface area contributed by atoms with E-state index in [-0.39, 0.29) is 14.1 Å². The van der Waals surface area contributed by atoms with Crippen molar-refractivity contribution in [3.63, 3.8) is 0 Å². The third-order valence-electron chi connectivity index (χ3n) is 2.03. The smallest absolute Gasteiger partial charge is 0.109 e. The van der Waals surface area contributed by atoms with Crippen LogP contribution in [-0.2, 0) is 13.0 Å². The molecule has 88 valence electrons. The predicted octanol–water partition coefficient (Wildman–Crippen LogP) is 2.86. The number of nitrogens with zero attached hydrogens (tertiary/aromatic N) is 3. The summed E-state index contributed by atoms with van der Waals surface area (Å²) in [5.74, 6) is 0. The van der Waals surface area contributed by atoms with Crippen molar-refractivity contribution < 1.29 is 4.39 Å². The van der Waals surface area contributed by atoms with Crippen LogP contribution in [0.2, 0.25) is 0 Å². The minimum Gasteiger partial charge on any atom is -0.250 e. The van der Waals surface area contributed by atoms with Gasteiger partial charge in [0.25, 0.3) is 0 Å². The van der Waals surface area contributed by atoms with Gasteiger partial charge in [-0.05, 0) is 18.3 Å². The Morgan fingerprint density at radius 2 is 2.07 bits per heavy atom. The highest BCUT2D eigenvalue weighted by Crippen LogP contribution is 2.20. The normalized spacial score (nSPS) is 11.2. The van der Waals surface area contributed by atoms with Gasteiger partial charge in [0.15, 0.2) is 0 Å². The topological polar surface area (TPSA) is 30.7 Å². The van der Waals surface area contributed by atoms with E-state index in [9.17, 15) is 4.39 Å². The monoisotopic (exact) mass is 214 g/mol. The molecule has 0 saturated heterocycles. The maximum absolute atomic E-state index is 12.0. The minimum atomic E-state index is -0.387. The van der Waals surface area contributed by atoms with E-state index in [1.165, 1.54) is 0 Å². The third-order valence-corrected chi connectivity index (χ3v) is 2.03. The minimum absolute atomic E-state index is 0. The first kappa shape index (κ1) is 14.1. The molecule has 1 heterocycles. The Morgan fingerprint density at radius 3 is 2.60 bits per heavy atom. The molecular formula is C11H22FN3. The van der Waals surface area contributed by atoms with Gasteiger partial charge in [-0.25, -0.2) is 9.07 Å². The van der Waals surface area contributed by atoms with Crippen LogP contribution in [0, 0.1) is 5.41 Å². The highest BCUT2D eigenvalue weighted by molar-refractivity contribution is 4.93. The Bertz CT molecular complexity index is 276. The van der Waals surface area contributed by atoms with Crippen molar-refractivity contribution in [3.05, 3.63) is 11.9 Å². The molecule has 0 aliphatic heterocycles. The van der Waals surface area contributed by atoms with Crippen molar-refractivity contribution in [1.82, 2.24) is 15.0 Å². The van der Waals surface area contributed by atoms with E-state index in [0.29, 0.717) is 12.0 Å². The first-order chi connectivity index (χ1) is 6.51. The summed E-state index contributed by atoms with van der Waals surface area (Å²) >= 11 is 0. The van der Waals surface area contributed by atoms with E-state index in [2.05, 4.69) is 31.1 Å². The molecule has 0 bridgehead atoms. The molecule has 0 aromatic carbocycles. The Kier molecular flexibility index (Phi) is 5.47. The van der Waals surface area contributed by atoms with Gasteiger partial charge in [0, 0.05) is 6.20 Å². The SMILES string of the molecule is C.CC(C)(C)CCc1cn(CC[18F])nn1. The maximum atomic E-state index is 12.0. The summed E-state index contributed by atoms with van der Waals surface area (Å²) in [7, 11) is 0. The molecule has 0 aliphatic carbocycles. The van der Waals surface area contributed by atoms with Gasteiger partial charge in [0.05, 0.1) is 12.2 Å². The highest BCUT2D eigenvalue weighted by atomic mass is 18.2. The number of alkyl halides is 1. The largest absolute Gasteiger partial charge is 0.250 e. The first-order valence-electron chi connectivity index (χ1n) is 4.96. The molecule has 0 aliphatic rings. The van der Waals surface area contributed by atoms with Crippen LogP contribution in [0.3, 0.4) is 0 Å². The van der Waals surface area contributed by atoms with Gasteiger partial charge < -0.3 is 0 Å². The van der Waals surface area contributed by atoms with Crippen molar-refractivity contribution >= 4 is 0 Å². The highest BCUT2D eigenvalue weighted by Gasteiger charge is 2.11. The molecule has 0 radical (unpaired) electrons.